The minimum absolute atomic E-state index is 0.122. The molecule has 2 amide bonds. The Morgan fingerprint density at radius 3 is 2.32 bits per heavy atom. The summed E-state index contributed by atoms with van der Waals surface area (Å²) in [6.07, 6.45) is 0. The maximum atomic E-state index is 13.2. The molecule has 0 aliphatic heterocycles. The van der Waals surface area contributed by atoms with Gasteiger partial charge >= 0.3 is 0 Å². The Bertz CT molecular complexity index is 900. The Morgan fingerprint density at radius 1 is 1.03 bits per heavy atom. The van der Waals surface area contributed by atoms with Gasteiger partial charge in [-0.1, -0.05) is 61.9 Å². The molecule has 31 heavy (non-hydrogen) atoms. The van der Waals surface area contributed by atoms with Crippen molar-refractivity contribution in [1.82, 2.24) is 10.2 Å². The number of amides is 2. The van der Waals surface area contributed by atoms with E-state index in [1.807, 2.05) is 76.2 Å². The lowest BCUT2D eigenvalue weighted by molar-refractivity contribution is -0.142. The van der Waals surface area contributed by atoms with Crippen LogP contribution in [-0.2, 0) is 16.1 Å². The topological polar surface area (TPSA) is 58.6 Å². The molecule has 0 fully saturated rings. The quantitative estimate of drug-likeness (QED) is 0.660. The molecule has 2 rings (SSSR count). The van der Waals surface area contributed by atoms with Crippen LogP contribution in [0.2, 0.25) is 0 Å². The summed E-state index contributed by atoms with van der Waals surface area (Å²) >= 11 is 0. The predicted molar refractivity (Wildman–Crippen MR) is 125 cm³/mol. The molecule has 0 aliphatic carbocycles. The van der Waals surface area contributed by atoms with Gasteiger partial charge in [0.05, 0.1) is 0 Å². The van der Waals surface area contributed by atoms with Crippen molar-refractivity contribution >= 4 is 11.8 Å². The minimum atomic E-state index is -0.629. The number of benzene rings is 2. The molecule has 0 unspecified atom stereocenters. The molecule has 1 atom stereocenters. The highest BCUT2D eigenvalue weighted by Gasteiger charge is 2.28. The standard InChI is InChI=1S/C26H36N2O3/c1-18(2)22-13-8-9-14-23(22)31-17-24(29)28(16-21-12-10-11-19(3)15-21)20(4)25(30)27-26(5,6)7/h8-15,18,20H,16-17H2,1-7H3,(H,27,30)/t20-/m0/s1. The Morgan fingerprint density at radius 2 is 1.71 bits per heavy atom. The van der Waals surface area contributed by atoms with Gasteiger partial charge < -0.3 is 15.0 Å². The summed E-state index contributed by atoms with van der Waals surface area (Å²) in [4.78, 5) is 27.6. The van der Waals surface area contributed by atoms with Gasteiger partial charge in [0.25, 0.3) is 5.91 Å². The zero-order valence-corrected chi connectivity index (χ0v) is 19.9. The minimum Gasteiger partial charge on any atom is -0.483 e. The summed E-state index contributed by atoms with van der Waals surface area (Å²) in [6, 6.07) is 15.1. The highest BCUT2D eigenvalue weighted by atomic mass is 16.5. The van der Waals surface area contributed by atoms with Gasteiger partial charge in [0, 0.05) is 12.1 Å². The highest BCUT2D eigenvalue weighted by molar-refractivity contribution is 5.88. The smallest absolute Gasteiger partial charge is 0.261 e. The molecule has 1 N–H and O–H groups in total. The average Bonchev–Trinajstić information content (AvgIpc) is 2.68. The Kier molecular flexibility index (Phi) is 8.26. The Hall–Kier alpha value is -2.82. The lowest BCUT2D eigenvalue weighted by atomic mass is 10.0. The van der Waals surface area contributed by atoms with Gasteiger partial charge in [-0.25, -0.2) is 0 Å². The van der Waals surface area contributed by atoms with Gasteiger partial charge in [-0.05, 0) is 57.7 Å². The van der Waals surface area contributed by atoms with E-state index in [1.54, 1.807) is 11.8 Å². The summed E-state index contributed by atoms with van der Waals surface area (Å²) in [5.74, 6) is 0.576. The van der Waals surface area contributed by atoms with Crippen LogP contribution in [0.15, 0.2) is 48.5 Å². The van der Waals surface area contributed by atoms with Crippen LogP contribution >= 0.6 is 0 Å². The first-order valence-corrected chi connectivity index (χ1v) is 10.9. The molecule has 2 aromatic carbocycles. The fourth-order valence-corrected chi connectivity index (χ4v) is 3.38. The molecule has 0 bridgehead atoms. The maximum Gasteiger partial charge on any atom is 0.261 e. The maximum absolute atomic E-state index is 13.2. The molecule has 0 spiro atoms. The third-order valence-corrected chi connectivity index (χ3v) is 4.99. The van der Waals surface area contributed by atoms with Crippen molar-refractivity contribution in [3.8, 4) is 5.75 Å². The number of rotatable bonds is 8. The third kappa shape index (κ3) is 7.42. The summed E-state index contributed by atoms with van der Waals surface area (Å²) in [7, 11) is 0. The van der Waals surface area contributed by atoms with Crippen molar-refractivity contribution in [2.24, 2.45) is 0 Å². The van der Waals surface area contributed by atoms with Crippen LogP contribution < -0.4 is 10.1 Å². The molecule has 168 valence electrons. The molecule has 5 heteroatoms. The van der Waals surface area contributed by atoms with Gasteiger partial charge in [0.15, 0.2) is 6.61 Å². The van der Waals surface area contributed by atoms with Gasteiger partial charge in [-0.15, -0.1) is 0 Å². The molecule has 2 aromatic rings. The fourth-order valence-electron chi connectivity index (χ4n) is 3.38. The molecule has 0 saturated carbocycles. The van der Waals surface area contributed by atoms with E-state index >= 15 is 0 Å². The van der Waals surface area contributed by atoms with Crippen LogP contribution in [-0.4, -0.2) is 34.9 Å². The van der Waals surface area contributed by atoms with Gasteiger partial charge in [0.2, 0.25) is 5.91 Å². The van der Waals surface area contributed by atoms with Crippen LogP contribution in [0.25, 0.3) is 0 Å². The van der Waals surface area contributed by atoms with Crippen LogP contribution in [0.1, 0.15) is 64.2 Å². The Labute approximate surface area is 186 Å². The second-order valence-corrected chi connectivity index (χ2v) is 9.41. The largest absolute Gasteiger partial charge is 0.483 e. The number of carbonyl (C=O) groups excluding carboxylic acids is 2. The summed E-state index contributed by atoms with van der Waals surface area (Å²) in [6.45, 7) is 14.0. The van der Waals surface area contributed by atoms with Crippen LogP contribution in [0.4, 0.5) is 0 Å². The zero-order valence-electron chi connectivity index (χ0n) is 19.9. The number of nitrogens with one attached hydrogen (secondary N) is 1. The van der Waals surface area contributed by atoms with Crippen LogP contribution in [0.3, 0.4) is 0 Å². The van der Waals surface area contributed by atoms with E-state index in [0.717, 1.165) is 16.7 Å². The van der Waals surface area contributed by atoms with Crippen molar-refractivity contribution in [3.63, 3.8) is 0 Å². The molecule has 0 aliphatic rings. The molecule has 0 saturated heterocycles. The van der Waals surface area contributed by atoms with E-state index < -0.39 is 6.04 Å². The van der Waals surface area contributed by atoms with Crippen molar-refractivity contribution < 1.29 is 14.3 Å². The molecule has 5 nitrogen and oxygen atoms in total. The molecule has 0 aromatic heterocycles. The fraction of sp³-hybridized carbons (Fsp3) is 0.462. The van der Waals surface area contributed by atoms with Gasteiger partial charge in [-0.3, -0.25) is 9.59 Å². The molecular formula is C26H36N2O3. The van der Waals surface area contributed by atoms with E-state index in [4.69, 9.17) is 4.74 Å². The summed E-state index contributed by atoms with van der Waals surface area (Å²) in [5, 5.41) is 2.98. The van der Waals surface area contributed by atoms with Crippen LogP contribution in [0, 0.1) is 6.92 Å². The van der Waals surface area contributed by atoms with E-state index in [-0.39, 0.29) is 29.9 Å². The third-order valence-electron chi connectivity index (χ3n) is 4.99. The van der Waals surface area contributed by atoms with E-state index in [0.29, 0.717) is 12.3 Å². The number of nitrogens with zero attached hydrogens (tertiary/aromatic N) is 1. The first-order valence-electron chi connectivity index (χ1n) is 10.9. The normalized spacial score (nSPS) is 12.4. The van der Waals surface area contributed by atoms with Crippen molar-refractivity contribution in [1.29, 1.82) is 0 Å². The first kappa shape index (κ1) is 24.4. The number of hydrogen-bond donors (Lipinski definition) is 1. The first-order chi connectivity index (χ1) is 14.5. The second kappa shape index (κ2) is 10.5. The Balaban J connectivity index is 2.22. The summed E-state index contributed by atoms with van der Waals surface area (Å²) in [5.41, 5.74) is 2.76. The monoisotopic (exact) mass is 424 g/mol. The summed E-state index contributed by atoms with van der Waals surface area (Å²) < 4.78 is 5.91. The van der Waals surface area contributed by atoms with Crippen molar-refractivity contribution in [2.45, 2.75) is 72.5 Å². The van der Waals surface area contributed by atoms with Crippen LogP contribution in [0.5, 0.6) is 5.75 Å². The second-order valence-electron chi connectivity index (χ2n) is 9.41. The van der Waals surface area contributed by atoms with Crippen molar-refractivity contribution in [2.75, 3.05) is 6.61 Å². The van der Waals surface area contributed by atoms with Crippen molar-refractivity contribution in [3.05, 3.63) is 65.2 Å². The number of ether oxygens (including phenoxy) is 1. The van der Waals surface area contributed by atoms with E-state index in [9.17, 15) is 9.59 Å². The lowest BCUT2D eigenvalue weighted by Gasteiger charge is -2.31. The average molecular weight is 425 g/mol. The highest BCUT2D eigenvalue weighted by Crippen LogP contribution is 2.26. The molecule has 0 radical (unpaired) electrons. The zero-order chi connectivity index (χ0) is 23.2. The molecule has 0 heterocycles. The van der Waals surface area contributed by atoms with E-state index in [2.05, 4.69) is 19.2 Å². The number of aryl methyl sites for hydroxylation is 1. The van der Waals surface area contributed by atoms with Gasteiger partial charge in [0.1, 0.15) is 11.8 Å². The molecular weight excluding hydrogens is 388 g/mol. The number of carbonyl (C=O) groups is 2. The van der Waals surface area contributed by atoms with E-state index in [1.165, 1.54) is 0 Å². The number of para-hydroxylation sites is 1. The lowest BCUT2D eigenvalue weighted by Crippen LogP contribution is -2.53. The predicted octanol–water partition coefficient (Wildman–Crippen LogP) is 4.83. The SMILES string of the molecule is Cc1cccc(CN(C(=O)COc2ccccc2C(C)C)[C@@H](C)C(=O)NC(C)(C)C)c1. The number of hydrogen-bond acceptors (Lipinski definition) is 3. The van der Waals surface area contributed by atoms with Gasteiger partial charge in [-0.2, -0.15) is 0 Å².